The lowest BCUT2D eigenvalue weighted by molar-refractivity contribution is 0.371. The smallest absolute Gasteiger partial charge is 0.161 e. The van der Waals surface area contributed by atoms with Crippen molar-refractivity contribution >= 4 is 11.0 Å². The molecule has 4 nitrogen and oxygen atoms in total. The summed E-state index contributed by atoms with van der Waals surface area (Å²) in [6.07, 6.45) is 0.575. The number of ether oxygens (including phenoxy) is 1. The Morgan fingerprint density at radius 2 is 1.95 bits per heavy atom. The number of fused-ring (bicyclic) bond motifs is 1. The molecule has 0 fully saturated rings. The Hall–Kier alpha value is -2.49. The SMILES string of the molecule is CCn1c(Cc2cccc(OC)c2O)nc2ccccc21. The lowest BCUT2D eigenvalue weighted by atomic mass is 10.1. The third-order valence-corrected chi connectivity index (χ3v) is 3.70. The van der Waals surface area contributed by atoms with E-state index in [4.69, 9.17) is 4.74 Å². The van der Waals surface area contributed by atoms with Gasteiger partial charge in [-0.1, -0.05) is 24.3 Å². The van der Waals surface area contributed by atoms with Crippen molar-refractivity contribution in [2.75, 3.05) is 7.11 Å². The van der Waals surface area contributed by atoms with Gasteiger partial charge in [-0.2, -0.15) is 0 Å². The molecule has 4 heteroatoms. The van der Waals surface area contributed by atoms with Gasteiger partial charge in [0.05, 0.1) is 18.1 Å². The molecule has 3 rings (SSSR count). The minimum Gasteiger partial charge on any atom is -0.504 e. The normalized spacial score (nSPS) is 11.0. The molecule has 0 unspecified atom stereocenters. The molecular weight excluding hydrogens is 264 g/mol. The van der Waals surface area contributed by atoms with E-state index < -0.39 is 0 Å². The van der Waals surface area contributed by atoms with Gasteiger partial charge in [0, 0.05) is 18.5 Å². The van der Waals surface area contributed by atoms with Crippen molar-refractivity contribution in [3.63, 3.8) is 0 Å². The molecule has 1 heterocycles. The summed E-state index contributed by atoms with van der Waals surface area (Å²) < 4.78 is 7.34. The van der Waals surface area contributed by atoms with Crippen LogP contribution in [0.1, 0.15) is 18.3 Å². The van der Waals surface area contributed by atoms with Gasteiger partial charge in [-0.05, 0) is 25.1 Å². The number of phenols is 1. The van der Waals surface area contributed by atoms with Crippen molar-refractivity contribution in [1.29, 1.82) is 0 Å². The van der Waals surface area contributed by atoms with E-state index in [-0.39, 0.29) is 5.75 Å². The Labute approximate surface area is 123 Å². The van der Waals surface area contributed by atoms with Gasteiger partial charge >= 0.3 is 0 Å². The maximum atomic E-state index is 10.2. The number of imidazole rings is 1. The second-order valence-corrected chi connectivity index (χ2v) is 4.91. The summed E-state index contributed by atoms with van der Waals surface area (Å²) in [5.74, 6) is 1.63. The van der Waals surface area contributed by atoms with E-state index in [1.165, 1.54) is 0 Å². The van der Waals surface area contributed by atoms with Crippen LogP contribution >= 0.6 is 0 Å². The number of benzene rings is 2. The molecule has 0 bridgehead atoms. The topological polar surface area (TPSA) is 47.3 Å². The van der Waals surface area contributed by atoms with Crippen molar-refractivity contribution < 1.29 is 9.84 Å². The van der Waals surface area contributed by atoms with Crippen molar-refractivity contribution in [2.45, 2.75) is 19.9 Å². The number of phenolic OH excluding ortho intramolecular Hbond substituents is 1. The van der Waals surface area contributed by atoms with Crippen LogP contribution in [-0.2, 0) is 13.0 Å². The molecule has 0 spiro atoms. The number of hydrogen-bond donors (Lipinski definition) is 1. The van der Waals surface area contributed by atoms with E-state index in [2.05, 4.69) is 22.5 Å². The highest BCUT2D eigenvalue weighted by molar-refractivity contribution is 5.76. The van der Waals surface area contributed by atoms with Gasteiger partial charge in [-0.3, -0.25) is 0 Å². The van der Waals surface area contributed by atoms with Gasteiger partial charge in [-0.25, -0.2) is 4.98 Å². The van der Waals surface area contributed by atoms with Gasteiger partial charge in [0.25, 0.3) is 0 Å². The Kier molecular flexibility index (Phi) is 3.52. The fourth-order valence-corrected chi connectivity index (χ4v) is 2.66. The van der Waals surface area contributed by atoms with Gasteiger partial charge in [-0.15, -0.1) is 0 Å². The predicted octanol–water partition coefficient (Wildman–Crippen LogP) is 3.36. The molecule has 108 valence electrons. The maximum absolute atomic E-state index is 10.2. The van der Waals surface area contributed by atoms with Crippen molar-refractivity contribution in [1.82, 2.24) is 9.55 Å². The molecule has 1 aromatic heterocycles. The van der Waals surface area contributed by atoms with Crippen LogP contribution in [0, 0.1) is 0 Å². The number of hydrogen-bond acceptors (Lipinski definition) is 3. The van der Waals surface area contributed by atoms with Crippen LogP contribution in [0.25, 0.3) is 11.0 Å². The Bertz CT molecular complexity index is 778. The Morgan fingerprint density at radius 1 is 1.14 bits per heavy atom. The lowest BCUT2D eigenvalue weighted by Gasteiger charge is -2.10. The number of rotatable bonds is 4. The predicted molar refractivity (Wildman–Crippen MR) is 82.9 cm³/mol. The van der Waals surface area contributed by atoms with E-state index >= 15 is 0 Å². The summed E-state index contributed by atoms with van der Waals surface area (Å²) in [4.78, 5) is 4.69. The number of aromatic nitrogens is 2. The lowest BCUT2D eigenvalue weighted by Crippen LogP contribution is -2.03. The second kappa shape index (κ2) is 5.48. The van der Waals surface area contributed by atoms with Crippen LogP contribution < -0.4 is 4.74 Å². The van der Waals surface area contributed by atoms with E-state index in [0.29, 0.717) is 12.2 Å². The second-order valence-electron chi connectivity index (χ2n) is 4.91. The van der Waals surface area contributed by atoms with Crippen LogP contribution in [0.3, 0.4) is 0 Å². The van der Waals surface area contributed by atoms with Crippen molar-refractivity contribution in [3.8, 4) is 11.5 Å². The minimum absolute atomic E-state index is 0.190. The van der Waals surface area contributed by atoms with Crippen molar-refractivity contribution in [3.05, 3.63) is 53.9 Å². The first-order valence-corrected chi connectivity index (χ1v) is 7.03. The van der Waals surface area contributed by atoms with Crippen LogP contribution in [0.4, 0.5) is 0 Å². The molecule has 0 aliphatic carbocycles. The molecule has 0 amide bonds. The summed E-state index contributed by atoms with van der Waals surface area (Å²) in [5, 5.41) is 10.2. The molecule has 0 saturated carbocycles. The first kappa shape index (κ1) is 13.5. The fourth-order valence-electron chi connectivity index (χ4n) is 2.66. The zero-order chi connectivity index (χ0) is 14.8. The molecule has 0 radical (unpaired) electrons. The summed E-state index contributed by atoms with van der Waals surface area (Å²) in [6, 6.07) is 13.6. The van der Waals surface area contributed by atoms with Crippen LogP contribution in [-0.4, -0.2) is 21.8 Å². The van der Waals surface area contributed by atoms with Gasteiger partial charge in [0.15, 0.2) is 11.5 Å². The Morgan fingerprint density at radius 3 is 2.71 bits per heavy atom. The zero-order valence-corrected chi connectivity index (χ0v) is 12.2. The standard InChI is InChI=1S/C17H18N2O2/c1-3-19-14-9-5-4-8-13(14)18-16(19)11-12-7-6-10-15(21-2)17(12)20/h4-10,20H,3,11H2,1-2H3. The quantitative estimate of drug-likeness (QED) is 0.798. The van der Waals surface area contributed by atoms with E-state index in [0.717, 1.165) is 29.0 Å². The highest BCUT2D eigenvalue weighted by Crippen LogP contribution is 2.31. The number of methoxy groups -OCH3 is 1. The third kappa shape index (κ3) is 2.33. The molecule has 1 N–H and O–H groups in total. The van der Waals surface area contributed by atoms with E-state index in [9.17, 15) is 5.11 Å². The van der Waals surface area contributed by atoms with Crippen LogP contribution in [0.2, 0.25) is 0 Å². The average Bonchev–Trinajstić information content (AvgIpc) is 2.86. The molecule has 3 aromatic rings. The molecule has 0 aliphatic rings. The maximum Gasteiger partial charge on any atom is 0.161 e. The van der Waals surface area contributed by atoms with Crippen LogP contribution in [0.15, 0.2) is 42.5 Å². The summed E-state index contributed by atoms with van der Waals surface area (Å²) in [7, 11) is 1.56. The average molecular weight is 282 g/mol. The minimum atomic E-state index is 0.190. The third-order valence-electron chi connectivity index (χ3n) is 3.70. The number of aromatic hydroxyl groups is 1. The highest BCUT2D eigenvalue weighted by Gasteiger charge is 2.13. The molecule has 0 saturated heterocycles. The monoisotopic (exact) mass is 282 g/mol. The zero-order valence-electron chi connectivity index (χ0n) is 12.2. The summed E-state index contributed by atoms with van der Waals surface area (Å²) >= 11 is 0. The summed E-state index contributed by atoms with van der Waals surface area (Å²) in [5.41, 5.74) is 2.92. The molecule has 2 aromatic carbocycles. The first-order chi connectivity index (χ1) is 10.2. The van der Waals surface area contributed by atoms with E-state index in [1.807, 2.05) is 30.3 Å². The van der Waals surface area contributed by atoms with Gasteiger partial charge < -0.3 is 14.4 Å². The van der Waals surface area contributed by atoms with Crippen molar-refractivity contribution in [2.24, 2.45) is 0 Å². The largest absolute Gasteiger partial charge is 0.504 e. The summed E-state index contributed by atoms with van der Waals surface area (Å²) in [6.45, 7) is 2.95. The first-order valence-electron chi connectivity index (χ1n) is 7.03. The number of aryl methyl sites for hydroxylation is 1. The highest BCUT2D eigenvalue weighted by atomic mass is 16.5. The molecule has 0 aliphatic heterocycles. The number of nitrogens with zero attached hydrogens (tertiary/aromatic N) is 2. The Balaban J connectivity index is 2.06. The molecule has 21 heavy (non-hydrogen) atoms. The number of para-hydroxylation sites is 3. The fraction of sp³-hybridized carbons (Fsp3) is 0.235. The van der Waals surface area contributed by atoms with Gasteiger partial charge in [0.2, 0.25) is 0 Å². The molecule has 0 atom stereocenters. The van der Waals surface area contributed by atoms with Crippen LogP contribution in [0.5, 0.6) is 11.5 Å². The molecular formula is C17H18N2O2. The van der Waals surface area contributed by atoms with Gasteiger partial charge in [0.1, 0.15) is 5.82 Å². The van der Waals surface area contributed by atoms with E-state index in [1.54, 1.807) is 13.2 Å².